The SMILES string of the molecule is C[C@@H]1CC(O)C[C@H](n2cnc(-c3c(-n4cc(Cl)nn4)ccc(Cl)c3F)cc2=O)c2cc(ccn2)-c2cc(F)ccc2NC1=O.O=C(O)C(F)(F)F. The number of carboxylic acids is 1. The number of nitrogens with one attached hydrogen (secondary N) is 1. The average Bonchev–Trinajstić information content (AvgIpc) is 3.51. The van der Waals surface area contributed by atoms with Gasteiger partial charge in [-0.05, 0) is 60.9 Å². The largest absolute Gasteiger partial charge is 0.490 e. The standard InChI is InChI=1S/C30H23Cl2F2N7O3.C2HF3O2/c1-15-8-18(42)11-25(22-9-16(6-7-35-22)19-10-17(33)2-4-21(19)37-30(15)44)40-14-36-23(12-27(40)43)28-24(5-3-20(31)29(28)34)41-13-26(32)38-39-41;3-2(4,5)1(6)7/h2-7,9-10,12-15,18,25,42H,8,11H2,1H3,(H,37,44);(H,6,7)/t15-,18?,25+;/m1./s1. The molecular formula is C32H24Cl2F5N7O5. The Morgan fingerprint density at radius 1 is 1.02 bits per heavy atom. The second-order valence-corrected chi connectivity index (χ2v) is 12.0. The van der Waals surface area contributed by atoms with Gasteiger partial charge in [-0.1, -0.05) is 35.3 Å². The molecule has 19 heteroatoms. The number of alkyl halides is 3. The molecule has 1 aliphatic heterocycles. The highest BCUT2D eigenvalue weighted by molar-refractivity contribution is 6.31. The number of nitrogens with zero attached hydrogens (tertiary/aromatic N) is 6. The Kier molecular flexibility index (Phi) is 10.8. The second kappa shape index (κ2) is 14.9. The van der Waals surface area contributed by atoms with Gasteiger partial charge in [0, 0.05) is 29.4 Å². The maximum atomic E-state index is 15.4. The maximum Gasteiger partial charge on any atom is 0.490 e. The smallest absolute Gasteiger partial charge is 0.475 e. The number of carboxylic acid groups (broad SMARTS) is 1. The van der Waals surface area contributed by atoms with E-state index in [9.17, 15) is 32.3 Å². The summed E-state index contributed by atoms with van der Waals surface area (Å²) in [6, 6.07) is 10.5. The van der Waals surface area contributed by atoms with E-state index in [0.29, 0.717) is 22.5 Å². The molecule has 2 aromatic carbocycles. The number of anilines is 1. The number of hydrogen-bond acceptors (Lipinski definition) is 8. The van der Waals surface area contributed by atoms with Crippen LogP contribution in [0.25, 0.3) is 28.1 Å². The highest BCUT2D eigenvalue weighted by atomic mass is 35.5. The van der Waals surface area contributed by atoms with Gasteiger partial charge in [0.1, 0.15) is 5.82 Å². The first kappa shape index (κ1) is 37.0. The van der Waals surface area contributed by atoms with E-state index in [4.69, 9.17) is 33.1 Å². The molecule has 3 aromatic heterocycles. The number of benzene rings is 2. The lowest BCUT2D eigenvalue weighted by Gasteiger charge is -2.25. The molecule has 1 amide bonds. The Hall–Kier alpha value is -5.26. The Labute approximate surface area is 294 Å². The molecule has 51 heavy (non-hydrogen) atoms. The average molecular weight is 752 g/mol. The molecule has 0 fully saturated rings. The lowest BCUT2D eigenvalue weighted by molar-refractivity contribution is -0.192. The first-order chi connectivity index (χ1) is 24.0. The summed E-state index contributed by atoms with van der Waals surface area (Å²) in [5.41, 5.74) is 1.23. The van der Waals surface area contributed by atoms with Crippen LogP contribution in [0.2, 0.25) is 10.2 Å². The number of aromatic nitrogens is 6. The first-order valence-electron chi connectivity index (χ1n) is 14.7. The molecule has 2 bridgehead atoms. The summed E-state index contributed by atoms with van der Waals surface area (Å²) in [6.07, 6.45) is -1.92. The number of aliphatic carboxylic acids is 1. The van der Waals surface area contributed by atoms with Crippen molar-refractivity contribution in [2.45, 2.75) is 38.1 Å². The van der Waals surface area contributed by atoms with Crippen molar-refractivity contribution in [2.24, 2.45) is 5.92 Å². The third-order valence-corrected chi connectivity index (χ3v) is 8.16. The molecule has 0 aliphatic carbocycles. The molecule has 0 spiro atoms. The van der Waals surface area contributed by atoms with Gasteiger partial charge in [-0.15, -0.1) is 5.10 Å². The number of amides is 1. The molecule has 4 heterocycles. The van der Waals surface area contributed by atoms with E-state index in [2.05, 4.69) is 25.6 Å². The van der Waals surface area contributed by atoms with E-state index < -0.39 is 47.4 Å². The van der Waals surface area contributed by atoms with Gasteiger partial charge < -0.3 is 15.5 Å². The summed E-state index contributed by atoms with van der Waals surface area (Å²) < 4.78 is 64.0. The van der Waals surface area contributed by atoms with Crippen LogP contribution in [0.1, 0.15) is 31.5 Å². The van der Waals surface area contributed by atoms with E-state index in [1.807, 2.05) is 0 Å². The quantitative estimate of drug-likeness (QED) is 0.185. The Balaban J connectivity index is 0.000000654. The minimum atomic E-state index is -5.08. The predicted octanol–water partition coefficient (Wildman–Crippen LogP) is 6.09. The zero-order chi connectivity index (χ0) is 37.2. The number of halogens is 7. The van der Waals surface area contributed by atoms with Crippen LogP contribution in [0, 0.1) is 17.6 Å². The van der Waals surface area contributed by atoms with Gasteiger partial charge in [-0.25, -0.2) is 23.2 Å². The van der Waals surface area contributed by atoms with Crippen LogP contribution >= 0.6 is 23.2 Å². The van der Waals surface area contributed by atoms with Crippen molar-refractivity contribution in [2.75, 3.05) is 5.32 Å². The molecule has 6 rings (SSSR count). The van der Waals surface area contributed by atoms with Gasteiger partial charge in [0.05, 0.1) is 52.3 Å². The molecule has 3 atom stereocenters. The molecule has 0 saturated heterocycles. The zero-order valence-electron chi connectivity index (χ0n) is 25.9. The number of hydrogen-bond donors (Lipinski definition) is 3. The minimum absolute atomic E-state index is 0.000747. The highest BCUT2D eigenvalue weighted by Crippen LogP contribution is 2.35. The van der Waals surface area contributed by atoms with E-state index in [0.717, 1.165) is 6.07 Å². The van der Waals surface area contributed by atoms with Gasteiger partial charge in [0.2, 0.25) is 5.91 Å². The summed E-state index contributed by atoms with van der Waals surface area (Å²) in [4.78, 5) is 44.4. The van der Waals surface area contributed by atoms with E-state index in [-0.39, 0.29) is 45.9 Å². The molecule has 12 nitrogen and oxygen atoms in total. The number of aliphatic hydroxyl groups is 1. The fourth-order valence-electron chi connectivity index (χ4n) is 5.28. The number of fused-ring (bicyclic) bond motifs is 4. The maximum absolute atomic E-state index is 15.4. The molecule has 0 radical (unpaired) electrons. The van der Waals surface area contributed by atoms with Crippen molar-refractivity contribution in [1.29, 1.82) is 0 Å². The zero-order valence-corrected chi connectivity index (χ0v) is 27.5. The van der Waals surface area contributed by atoms with Gasteiger partial charge >= 0.3 is 12.1 Å². The van der Waals surface area contributed by atoms with Gasteiger partial charge in [-0.2, -0.15) is 13.2 Å². The normalized spacial score (nSPS) is 17.6. The summed E-state index contributed by atoms with van der Waals surface area (Å²) in [7, 11) is 0. The van der Waals surface area contributed by atoms with Crippen molar-refractivity contribution < 1.29 is 41.8 Å². The monoisotopic (exact) mass is 751 g/mol. The van der Waals surface area contributed by atoms with E-state index >= 15 is 4.39 Å². The Bertz CT molecular complexity index is 2180. The predicted molar refractivity (Wildman–Crippen MR) is 173 cm³/mol. The van der Waals surface area contributed by atoms with Gasteiger partial charge in [0.25, 0.3) is 5.56 Å². The molecule has 1 unspecified atom stereocenters. The molecular weight excluding hydrogens is 728 g/mol. The van der Waals surface area contributed by atoms with Crippen LogP contribution in [0.3, 0.4) is 0 Å². The number of carbonyl (C=O) groups is 2. The van der Waals surface area contributed by atoms with Gasteiger partial charge in [-0.3, -0.25) is 19.1 Å². The molecule has 5 aromatic rings. The Morgan fingerprint density at radius 2 is 1.75 bits per heavy atom. The van der Waals surface area contributed by atoms with Crippen molar-refractivity contribution in [1.82, 2.24) is 29.5 Å². The second-order valence-electron chi connectivity index (χ2n) is 11.3. The third kappa shape index (κ3) is 8.38. The summed E-state index contributed by atoms with van der Waals surface area (Å²) >= 11 is 12.0. The molecule has 1 aliphatic rings. The fourth-order valence-corrected chi connectivity index (χ4v) is 5.57. The minimum Gasteiger partial charge on any atom is -0.475 e. The van der Waals surface area contributed by atoms with Crippen LogP contribution in [0.5, 0.6) is 0 Å². The number of rotatable bonds is 3. The lowest BCUT2D eigenvalue weighted by Crippen LogP contribution is -2.31. The van der Waals surface area contributed by atoms with Crippen LogP contribution in [-0.2, 0) is 9.59 Å². The van der Waals surface area contributed by atoms with Crippen molar-refractivity contribution in [3.8, 4) is 28.1 Å². The highest BCUT2D eigenvalue weighted by Gasteiger charge is 2.38. The van der Waals surface area contributed by atoms with E-state index in [1.54, 1.807) is 19.1 Å². The summed E-state index contributed by atoms with van der Waals surface area (Å²) in [6.45, 7) is 1.67. The van der Waals surface area contributed by atoms with Crippen molar-refractivity contribution in [3.05, 3.63) is 105 Å². The third-order valence-electron chi connectivity index (χ3n) is 7.70. The topological polar surface area (TPSA) is 165 Å². The molecule has 0 saturated carbocycles. The van der Waals surface area contributed by atoms with Crippen LogP contribution in [0.4, 0.5) is 27.6 Å². The number of pyridine rings is 1. The summed E-state index contributed by atoms with van der Waals surface area (Å²) in [5.74, 6) is -5.04. The van der Waals surface area contributed by atoms with Gasteiger partial charge in [0.15, 0.2) is 11.0 Å². The number of carbonyl (C=O) groups excluding carboxylic acids is 1. The van der Waals surface area contributed by atoms with Crippen LogP contribution < -0.4 is 10.9 Å². The Morgan fingerprint density at radius 3 is 2.39 bits per heavy atom. The first-order valence-corrected chi connectivity index (χ1v) is 15.5. The lowest BCUT2D eigenvalue weighted by atomic mass is 9.93. The molecule has 266 valence electrons. The van der Waals surface area contributed by atoms with Crippen molar-refractivity contribution in [3.63, 3.8) is 0 Å². The van der Waals surface area contributed by atoms with Crippen LogP contribution in [-0.4, -0.2) is 63.9 Å². The van der Waals surface area contributed by atoms with E-state index in [1.165, 1.54) is 58.3 Å². The van der Waals surface area contributed by atoms with Crippen LogP contribution in [0.15, 0.2) is 72.0 Å². The fraction of sp³-hybridized carbons (Fsp3) is 0.219. The number of aliphatic hydroxyl groups excluding tert-OH is 1. The molecule has 3 N–H and O–H groups in total. The van der Waals surface area contributed by atoms with Crippen molar-refractivity contribution >= 4 is 40.8 Å². The summed E-state index contributed by atoms with van der Waals surface area (Å²) in [5, 5.41) is 28.5.